The van der Waals surface area contributed by atoms with E-state index in [1.165, 1.54) is 6.07 Å². The van der Waals surface area contributed by atoms with E-state index in [-0.39, 0.29) is 29.1 Å². The minimum atomic E-state index is -0.957. The molecule has 2 rings (SSSR count). The number of Topliss-reactive ketones (excluding diaryl/α,β-unsaturated/α-hetero) is 1. The zero-order chi connectivity index (χ0) is 17.7. The van der Waals surface area contributed by atoms with Gasteiger partial charge in [-0.15, -0.1) is 0 Å². The minimum Gasteiger partial charge on any atom is -0.508 e. The first-order valence-corrected chi connectivity index (χ1v) is 8.00. The van der Waals surface area contributed by atoms with Gasteiger partial charge in [0, 0.05) is 18.9 Å². The maximum Gasteiger partial charge on any atom is 0.342 e. The molecular formula is C18H22O6. The molecule has 130 valence electrons. The van der Waals surface area contributed by atoms with Gasteiger partial charge >= 0.3 is 5.97 Å². The Morgan fingerprint density at radius 1 is 1.17 bits per heavy atom. The number of allylic oxidation sites excluding steroid dienone is 1. The summed E-state index contributed by atoms with van der Waals surface area (Å²) in [4.78, 5) is 24.4. The van der Waals surface area contributed by atoms with Crippen molar-refractivity contribution < 1.29 is 29.6 Å². The fraction of sp³-hybridized carbons (Fsp3) is 0.444. The van der Waals surface area contributed by atoms with Crippen LogP contribution < -0.4 is 0 Å². The van der Waals surface area contributed by atoms with Crippen LogP contribution >= 0.6 is 0 Å². The van der Waals surface area contributed by atoms with Crippen molar-refractivity contribution in [1.82, 2.24) is 0 Å². The average Bonchev–Trinajstić information content (AvgIpc) is 2.48. The maximum absolute atomic E-state index is 12.4. The van der Waals surface area contributed by atoms with Gasteiger partial charge in [-0.1, -0.05) is 12.2 Å². The van der Waals surface area contributed by atoms with Crippen LogP contribution in [0.2, 0.25) is 0 Å². The van der Waals surface area contributed by atoms with Gasteiger partial charge < -0.3 is 20.1 Å². The summed E-state index contributed by atoms with van der Waals surface area (Å²) in [7, 11) is 0. The normalized spacial score (nSPS) is 23.2. The Bertz CT molecular complexity index is 649. The summed E-state index contributed by atoms with van der Waals surface area (Å²) in [5.74, 6) is -1.61. The van der Waals surface area contributed by atoms with Crippen LogP contribution in [0.15, 0.2) is 24.3 Å². The number of benzene rings is 1. The SMILES string of the molecule is C[C@H]1OC(=O)c2c(O)cc(O)cc2CC(=O)CCCCC=C[C@@H]1O. The van der Waals surface area contributed by atoms with E-state index in [1.54, 1.807) is 19.1 Å². The predicted molar refractivity (Wildman–Crippen MR) is 87.0 cm³/mol. The highest BCUT2D eigenvalue weighted by atomic mass is 16.6. The summed E-state index contributed by atoms with van der Waals surface area (Å²) in [6, 6.07) is 2.30. The Hall–Kier alpha value is -2.34. The van der Waals surface area contributed by atoms with Gasteiger partial charge in [0.25, 0.3) is 0 Å². The second kappa shape index (κ2) is 7.97. The molecule has 0 unspecified atom stereocenters. The Kier molecular flexibility index (Phi) is 5.98. The second-order valence-electron chi connectivity index (χ2n) is 5.99. The van der Waals surface area contributed by atoms with Crippen molar-refractivity contribution >= 4 is 11.8 Å². The van der Waals surface area contributed by atoms with E-state index in [0.29, 0.717) is 12.8 Å². The molecule has 0 bridgehead atoms. The third-order valence-electron chi connectivity index (χ3n) is 3.96. The molecule has 3 N–H and O–H groups in total. The minimum absolute atomic E-state index is 0.0703. The van der Waals surface area contributed by atoms with Crippen LogP contribution in [-0.4, -0.2) is 39.3 Å². The molecule has 0 fully saturated rings. The third kappa shape index (κ3) is 4.58. The third-order valence-corrected chi connectivity index (χ3v) is 3.96. The Balaban J connectivity index is 2.38. The molecule has 0 amide bonds. The van der Waals surface area contributed by atoms with Gasteiger partial charge in [-0.3, -0.25) is 4.79 Å². The molecule has 0 aliphatic carbocycles. The van der Waals surface area contributed by atoms with Crippen LogP contribution in [0.25, 0.3) is 0 Å². The van der Waals surface area contributed by atoms with Gasteiger partial charge in [-0.2, -0.15) is 0 Å². The molecule has 24 heavy (non-hydrogen) atoms. The van der Waals surface area contributed by atoms with Crippen LogP contribution in [-0.2, 0) is 16.0 Å². The Morgan fingerprint density at radius 2 is 1.92 bits per heavy atom. The number of ether oxygens (including phenoxy) is 1. The first kappa shape index (κ1) is 18.0. The Labute approximate surface area is 140 Å². The standard InChI is InChI=1S/C18H22O6/c1-11-15(21)7-5-3-2-4-6-13(19)8-12-9-14(20)10-16(22)17(12)18(23)24-11/h5,7,9-11,15,20-22H,2-4,6,8H2,1H3/t11-,15+/m1/s1. The molecular weight excluding hydrogens is 312 g/mol. The van der Waals surface area contributed by atoms with Crippen LogP contribution in [0, 0.1) is 0 Å². The van der Waals surface area contributed by atoms with Crippen molar-refractivity contribution in [2.45, 2.75) is 51.2 Å². The molecule has 0 saturated carbocycles. The van der Waals surface area contributed by atoms with Gasteiger partial charge in [0.15, 0.2) is 0 Å². The van der Waals surface area contributed by atoms with E-state index in [2.05, 4.69) is 0 Å². The molecule has 1 aliphatic rings. The van der Waals surface area contributed by atoms with Crippen molar-refractivity contribution in [1.29, 1.82) is 0 Å². The second-order valence-corrected chi connectivity index (χ2v) is 5.99. The summed E-state index contributed by atoms with van der Waals surface area (Å²) in [6.45, 7) is 1.54. The molecule has 1 aromatic carbocycles. The van der Waals surface area contributed by atoms with Gasteiger partial charge in [0.05, 0.1) is 0 Å². The molecule has 6 heteroatoms. The number of aliphatic hydroxyl groups excluding tert-OH is 1. The lowest BCUT2D eigenvalue weighted by Gasteiger charge is -2.19. The van der Waals surface area contributed by atoms with E-state index < -0.39 is 23.9 Å². The first-order chi connectivity index (χ1) is 11.4. The summed E-state index contributed by atoms with van der Waals surface area (Å²) >= 11 is 0. The molecule has 0 radical (unpaired) electrons. The predicted octanol–water partition coefficient (Wildman–Crippen LogP) is 2.25. The number of fused-ring (bicyclic) bond motifs is 1. The number of hydrogen-bond donors (Lipinski definition) is 3. The highest BCUT2D eigenvalue weighted by Crippen LogP contribution is 2.29. The van der Waals surface area contributed by atoms with E-state index in [4.69, 9.17) is 4.74 Å². The lowest BCUT2D eigenvalue weighted by atomic mass is 9.98. The molecule has 1 aliphatic heterocycles. The topological polar surface area (TPSA) is 104 Å². The number of esters is 1. The van der Waals surface area contributed by atoms with Crippen LogP contribution in [0.4, 0.5) is 0 Å². The molecule has 2 atom stereocenters. The highest BCUT2D eigenvalue weighted by molar-refractivity contribution is 5.96. The first-order valence-electron chi connectivity index (χ1n) is 8.00. The number of aliphatic hydroxyl groups is 1. The number of cyclic esters (lactones) is 1. The van der Waals surface area contributed by atoms with Crippen molar-refractivity contribution in [2.24, 2.45) is 0 Å². The number of rotatable bonds is 0. The summed E-state index contributed by atoms with van der Waals surface area (Å²) in [6.07, 6.45) is 4.09. The van der Waals surface area contributed by atoms with Crippen LogP contribution in [0.1, 0.15) is 48.5 Å². The number of phenols is 2. The van der Waals surface area contributed by atoms with Gasteiger partial charge in [0.2, 0.25) is 0 Å². The maximum atomic E-state index is 12.4. The number of aromatic hydroxyl groups is 2. The molecule has 0 aromatic heterocycles. The molecule has 1 heterocycles. The highest BCUT2D eigenvalue weighted by Gasteiger charge is 2.24. The lowest BCUT2D eigenvalue weighted by Crippen LogP contribution is -2.27. The van der Waals surface area contributed by atoms with Gasteiger partial charge in [-0.05, 0) is 37.8 Å². The molecule has 1 aromatic rings. The zero-order valence-corrected chi connectivity index (χ0v) is 13.6. The van der Waals surface area contributed by atoms with Crippen LogP contribution in [0.5, 0.6) is 11.5 Å². The summed E-state index contributed by atoms with van der Waals surface area (Å²) < 4.78 is 5.20. The number of hydrogen-bond acceptors (Lipinski definition) is 6. The van der Waals surface area contributed by atoms with Crippen molar-refractivity contribution in [2.75, 3.05) is 0 Å². The smallest absolute Gasteiger partial charge is 0.342 e. The lowest BCUT2D eigenvalue weighted by molar-refractivity contribution is -0.118. The fourth-order valence-electron chi connectivity index (χ4n) is 2.62. The van der Waals surface area contributed by atoms with E-state index in [9.17, 15) is 24.9 Å². The van der Waals surface area contributed by atoms with Gasteiger partial charge in [0.1, 0.15) is 35.1 Å². The van der Waals surface area contributed by atoms with E-state index in [0.717, 1.165) is 18.9 Å². The number of ketones is 1. The average molecular weight is 334 g/mol. The quantitative estimate of drug-likeness (QED) is 0.496. The molecule has 6 nitrogen and oxygen atoms in total. The number of carbonyl (C=O) groups is 2. The zero-order valence-electron chi connectivity index (χ0n) is 13.6. The van der Waals surface area contributed by atoms with E-state index in [1.807, 2.05) is 0 Å². The molecule has 0 saturated heterocycles. The van der Waals surface area contributed by atoms with Crippen molar-refractivity contribution in [3.05, 3.63) is 35.4 Å². The van der Waals surface area contributed by atoms with Gasteiger partial charge in [-0.25, -0.2) is 4.79 Å². The van der Waals surface area contributed by atoms with Crippen molar-refractivity contribution in [3.8, 4) is 11.5 Å². The fourth-order valence-corrected chi connectivity index (χ4v) is 2.62. The number of carbonyl (C=O) groups excluding carboxylic acids is 2. The largest absolute Gasteiger partial charge is 0.508 e. The number of phenolic OH excluding ortho intramolecular Hbond substituents is 2. The Morgan fingerprint density at radius 3 is 2.67 bits per heavy atom. The molecule has 0 spiro atoms. The van der Waals surface area contributed by atoms with E-state index >= 15 is 0 Å². The van der Waals surface area contributed by atoms with Crippen LogP contribution in [0.3, 0.4) is 0 Å². The summed E-state index contributed by atoms with van der Waals surface area (Å²) in [5, 5.41) is 29.6. The van der Waals surface area contributed by atoms with Crippen molar-refractivity contribution in [3.63, 3.8) is 0 Å². The monoisotopic (exact) mass is 334 g/mol. The summed E-state index contributed by atoms with van der Waals surface area (Å²) in [5.41, 5.74) is 0.0676.